The van der Waals surface area contributed by atoms with E-state index in [0.29, 0.717) is 13.2 Å². The number of rotatable bonds is 22. The van der Waals surface area contributed by atoms with E-state index in [2.05, 4.69) is 62.5 Å². The van der Waals surface area contributed by atoms with Gasteiger partial charge in [0.2, 0.25) is 0 Å². The van der Waals surface area contributed by atoms with Crippen LogP contribution in [0.1, 0.15) is 46.0 Å². The van der Waals surface area contributed by atoms with Crippen LogP contribution in [0.25, 0.3) is 0 Å². The van der Waals surface area contributed by atoms with E-state index in [4.69, 9.17) is 26.2 Å². The molecular formula is C25H51BN2O6Si2. The predicted molar refractivity (Wildman–Crippen MR) is 152 cm³/mol. The summed E-state index contributed by atoms with van der Waals surface area (Å²) in [4.78, 5) is 11.9. The highest BCUT2D eigenvalue weighted by Gasteiger charge is 2.32. The van der Waals surface area contributed by atoms with Gasteiger partial charge in [-0.25, -0.2) is 0 Å². The van der Waals surface area contributed by atoms with Gasteiger partial charge < -0.3 is 34.1 Å². The molecule has 36 heavy (non-hydrogen) atoms. The van der Waals surface area contributed by atoms with Crippen LogP contribution >= 0.6 is 0 Å². The third-order valence-electron chi connectivity index (χ3n) is 5.74. The first kappa shape index (κ1) is 35.1. The Bertz CT molecular complexity index is 646. The highest BCUT2D eigenvalue weighted by Crippen LogP contribution is 2.23. The molecule has 208 valence electrons. The maximum absolute atomic E-state index is 11.9. The second kappa shape index (κ2) is 20.1. The molecule has 0 aliphatic heterocycles. The van der Waals surface area contributed by atoms with Gasteiger partial charge in [0.1, 0.15) is 12.7 Å². The van der Waals surface area contributed by atoms with Crippen LogP contribution in [0.2, 0.25) is 38.3 Å². The molecule has 11 heteroatoms. The Balaban J connectivity index is 3.88. The van der Waals surface area contributed by atoms with Crippen molar-refractivity contribution in [2.24, 2.45) is 0 Å². The number of aliphatic hydroxyl groups is 1. The summed E-state index contributed by atoms with van der Waals surface area (Å²) in [5, 5.41) is 16.4. The van der Waals surface area contributed by atoms with Crippen molar-refractivity contribution in [3.63, 3.8) is 0 Å². The fourth-order valence-corrected chi connectivity index (χ4v) is 12.7. The Hall–Kier alpha value is -0.871. The third-order valence-corrected chi connectivity index (χ3v) is 13.3. The van der Waals surface area contributed by atoms with Crippen molar-refractivity contribution in [2.45, 2.75) is 102 Å². The van der Waals surface area contributed by atoms with E-state index in [-0.39, 0.29) is 37.7 Å². The topological polar surface area (TPSA) is 98.3 Å². The van der Waals surface area contributed by atoms with E-state index in [0.717, 1.165) is 44.4 Å². The fraction of sp³-hybridized carbons (Fsp3) is 0.880. The highest BCUT2D eigenvalue weighted by molar-refractivity contribution is 6.84. The smallest absolute Gasteiger partial charge is 0.307 e. The van der Waals surface area contributed by atoms with Crippen molar-refractivity contribution in [3.8, 4) is 11.9 Å². The molecule has 0 bridgehead atoms. The summed E-state index contributed by atoms with van der Waals surface area (Å²) in [6.45, 7) is 15.2. The molecule has 0 aliphatic carbocycles. The first-order valence-corrected chi connectivity index (χ1v) is 19.4. The fourth-order valence-electron chi connectivity index (χ4n) is 3.88. The van der Waals surface area contributed by atoms with Crippen LogP contribution in [0.3, 0.4) is 0 Å². The molecule has 3 atom stereocenters. The number of aliphatic hydroxyl groups excluding tert-OH is 1. The van der Waals surface area contributed by atoms with Crippen molar-refractivity contribution >= 4 is 30.5 Å². The Kier molecular flexibility index (Phi) is 19.6. The molecule has 0 aromatic rings. The number of carbonyl (C=O) groups excluding carboxylic acids is 1. The maximum Gasteiger partial charge on any atom is 0.307 e. The van der Waals surface area contributed by atoms with Crippen LogP contribution in [-0.2, 0) is 23.1 Å². The summed E-state index contributed by atoms with van der Waals surface area (Å²) >= 11 is 0. The van der Waals surface area contributed by atoms with Crippen molar-refractivity contribution in [1.82, 2.24) is 10.6 Å². The van der Waals surface area contributed by atoms with Gasteiger partial charge in [0.25, 0.3) is 0 Å². The monoisotopic (exact) mass is 542 g/mol. The summed E-state index contributed by atoms with van der Waals surface area (Å²) in [5.74, 6) is 2.00. The van der Waals surface area contributed by atoms with Gasteiger partial charge in [0.15, 0.2) is 24.5 Å². The molecule has 8 nitrogen and oxygen atoms in total. The van der Waals surface area contributed by atoms with Gasteiger partial charge in [-0.3, -0.25) is 4.79 Å². The largest absolute Gasteiger partial charge is 0.463 e. The number of nitrogens with one attached hydrogen (secondary N) is 2. The lowest BCUT2D eigenvalue weighted by molar-refractivity contribution is -0.147. The van der Waals surface area contributed by atoms with E-state index in [1.807, 2.05) is 0 Å². The SMILES string of the molecule is [B]C#CNC(C)CCC(C)NCCC(=O)OCC(O)COCCC[Si](C)(C)O[Si](C)(C)CCCOC. The molecule has 0 aromatic carbocycles. The minimum Gasteiger partial charge on any atom is -0.463 e. The molecule has 0 heterocycles. The van der Waals surface area contributed by atoms with Gasteiger partial charge in [-0.15, -0.1) is 5.82 Å². The second-order valence-electron chi connectivity index (χ2n) is 10.7. The average Bonchev–Trinajstić information content (AvgIpc) is 2.79. The number of methoxy groups -OCH3 is 1. The van der Waals surface area contributed by atoms with Crippen molar-refractivity contribution in [3.05, 3.63) is 0 Å². The van der Waals surface area contributed by atoms with Gasteiger partial charge in [0.05, 0.1) is 13.0 Å². The molecule has 0 amide bonds. The molecule has 0 spiro atoms. The molecule has 0 aliphatic rings. The van der Waals surface area contributed by atoms with Crippen molar-refractivity contribution < 1.29 is 28.2 Å². The Labute approximate surface area is 223 Å². The van der Waals surface area contributed by atoms with E-state index in [1.165, 1.54) is 0 Å². The van der Waals surface area contributed by atoms with Gasteiger partial charge in [-0.1, -0.05) is 0 Å². The van der Waals surface area contributed by atoms with Gasteiger partial charge >= 0.3 is 5.97 Å². The Morgan fingerprint density at radius 2 is 1.61 bits per heavy atom. The minimum atomic E-state index is -1.75. The van der Waals surface area contributed by atoms with Crippen LogP contribution in [0.5, 0.6) is 0 Å². The highest BCUT2D eigenvalue weighted by atomic mass is 28.4. The number of hydrogen-bond donors (Lipinski definition) is 3. The molecule has 3 unspecified atom stereocenters. The first-order chi connectivity index (χ1) is 16.9. The number of esters is 1. The Morgan fingerprint density at radius 3 is 2.22 bits per heavy atom. The molecule has 2 radical (unpaired) electrons. The number of carbonyl (C=O) groups is 1. The van der Waals surface area contributed by atoms with E-state index >= 15 is 0 Å². The average molecular weight is 543 g/mol. The lowest BCUT2D eigenvalue weighted by Crippen LogP contribution is -2.44. The number of ether oxygens (including phenoxy) is 3. The van der Waals surface area contributed by atoms with E-state index < -0.39 is 22.7 Å². The van der Waals surface area contributed by atoms with Gasteiger partial charge in [-0.05, 0) is 83.9 Å². The third kappa shape index (κ3) is 21.2. The molecule has 0 fully saturated rings. The van der Waals surface area contributed by atoms with Gasteiger partial charge in [0, 0.05) is 39.0 Å². The molecule has 0 aromatic heterocycles. The molecular weight excluding hydrogens is 491 g/mol. The van der Waals surface area contributed by atoms with Crippen molar-refractivity contribution in [1.29, 1.82) is 0 Å². The minimum absolute atomic E-state index is 0.0512. The zero-order valence-corrected chi connectivity index (χ0v) is 25.8. The first-order valence-electron chi connectivity index (χ1n) is 13.2. The summed E-state index contributed by atoms with van der Waals surface area (Å²) < 4.78 is 22.5. The normalized spacial score (nSPS) is 14.4. The molecule has 0 rings (SSSR count). The van der Waals surface area contributed by atoms with Crippen LogP contribution in [-0.4, -0.2) is 93.8 Å². The van der Waals surface area contributed by atoms with Crippen LogP contribution in [0, 0.1) is 11.9 Å². The maximum atomic E-state index is 11.9. The van der Waals surface area contributed by atoms with E-state index in [1.54, 1.807) is 7.11 Å². The summed E-state index contributed by atoms with van der Waals surface area (Å²) in [7, 11) is 3.45. The zero-order chi connectivity index (χ0) is 27.5. The lowest BCUT2D eigenvalue weighted by atomic mass is 10.1. The molecule has 0 saturated carbocycles. The standard InChI is InChI=1S/C25H51BN2O6Si2/c1-22(10-11-23(2)28-15-13-26)27-14-12-25(30)33-21-24(29)20-32-17-9-19-36(6,7)34-35(4,5)18-8-16-31-3/h22-24,27-29H,8-12,14,16-21H2,1-7H3. The number of hydrogen-bond acceptors (Lipinski definition) is 8. The summed E-state index contributed by atoms with van der Waals surface area (Å²) in [6, 6.07) is 5.30. The molecule has 0 saturated heterocycles. The summed E-state index contributed by atoms with van der Waals surface area (Å²) in [5.41, 5.74) is 0. The van der Waals surface area contributed by atoms with Crippen LogP contribution in [0.15, 0.2) is 0 Å². The van der Waals surface area contributed by atoms with Crippen LogP contribution < -0.4 is 10.6 Å². The Morgan fingerprint density at radius 1 is 1.00 bits per heavy atom. The lowest BCUT2D eigenvalue weighted by Gasteiger charge is -2.34. The van der Waals surface area contributed by atoms with E-state index in [9.17, 15) is 9.90 Å². The van der Waals surface area contributed by atoms with Crippen molar-refractivity contribution in [2.75, 3.05) is 40.1 Å². The predicted octanol–water partition coefficient (Wildman–Crippen LogP) is 2.97. The van der Waals surface area contributed by atoms with Gasteiger partial charge in [-0.2, -0.15) is 0 Å². The summed E-state index contributed by atoms with van der Waals surface area (Å²) in [6.07, 6.45) is 3.28. The molecule has 3 N–H and O–H groups in total. The van der Waals surface area contributed by atoms with Crippen LogP contribution in [0.4, 0.5) is 0 Å². The second-order valence-corrected chi connectivity index (χ2v) is 19.6. The zero-order valence-electron chi connectivity index (χ0n) is 23.8. The quantitative estimate of drug-likeness (QED) is 0.0632.